The second kappa shape index (κ2) is 8.02. The molecule has 0 radical (unpaired) electrons. The average Bonchev–Trinajstić information content (AvgIpc) is 2.41. The summed E-state index contributed by atoms with van der Waals surface area (Å²) in [5, 5.41) is 2.98. The van der Waals surface area contributed by atoms with Crippen LogP contribution in [0.1, 0.15) is 33.1 Å². The van der Waals surface area contributed by atoms with Gasteiger partial charge in [0, 0.05) is 35.4 Å². The number of aromatic nitrogens is 2. The maximum absolute atomic E-state index is 11.8. The van der Waals surface area contributed by atoms with Crippen molar-refractivity contribution in [3.05, 3.63) is 20.8 Å². The van der Waals surface area contributed by atoms with E-state index in [1.165, 1.54) is 4.57 Å². The van der Waals surface area contributed by atoms with Crippen LogP contribution in [0.4, 0.5) is 11.5 Å². The van der Waals surface area contributed by atoms with Crippen LogP contribution in [-0.4, -0.2) is 31.8 Å². The van der Waals surface area contributed by atoms with Crippen LogP contribution in [0.2, 0.25) is 0 Å². The van der Waals surface area contributed by atoms with Gasteiger partial charge < -0.3 is 11.1 Å². The summed E-state index contributed by atoms with van der Waals surface area (Å²) in [5.74, 6) is 0.155. The smallest absolute Gasteiger partial charge is 0.330 e. The highest BCUT2D eigenvalue weighted by Crippen LogP contribution is 2.11. The van der Waals surface area contributed by atoms with Crippen molar-refractivity contribution in [3.63, 3.8) is 0 Å². The van der Waals surface area contributed by atoms with E-state index in [9.17, 15) is 13.8 Å². The van der Waals surface area contributed by atoms with Gasteiger partial charge in [0.1, 0.15) is 11.5 Å². The highest BCUT2D eigenvalue weighted by molar-refractivity contribution is 7.84. The fourth-order valence-corrected chi connectivity index (χ4v) is 2.31. The van der Waals surface area contributed by atoms with E-state index >= 15 is 0 Å². The van der Waals surface area contributed by atoms with Gasteiger partial charge in [-0.1, -0.05) is 20.3 Å². The van der Waals surface area contributed by atoms with Crippen LogP contribution in [0.3, 0.4) is 0 Å². The van der Waals surface area contributed by atoms with Crippen molar-refractivity contribution in [3.8, 4) is 0 Å². The SMILES string of the molecule is CCCCn1c(N)c(NCCC(C)S(C)=O)c(=O)[nH]c1=O. The second-order valence-corrected chi connectivity index (χ2v) is 6.85. The molecule has 1 heterocycles. The lowest BCUT2D eigenvalue weighted by Crippen LogP contribution is -2.34. The Morgan fingerprint density at radius 1 is 1.43 bits per heavy atom. The summed E-state index contributed by atoms with van der Waals surface area (Å²) in [6.07, 6.45) is 4.03. The number of anilines is 2. The highest BCUT2D eigenvalue weighted by Gasteiger charge is 2.12. The Labute approximate surface area is 126 Å². The summed E-state index contributed by atoms with van der Waals surface area (Å²) in [4.78, 5) is 25.8. The van der Waals surface area contributed by atoms with E-state index < -0.39 is 22.0 Å². The van der Waals surface area contributed by atoms with Gasteiger partial charge in [-0.2, -0.15) is 0 Å². The first kappa shape index (κ1) is 17.5. The van der Waals surface area contributed by atoms with Gasteiger partial charge in [-0.05, 0) is 12.8 Å². The predicted octanol–water partition coefficient (Wildman–Crippen LogP) is 0.488. The number of unbranched alkanes of at least 4 members (excludes halogenated alkanes) is 1. The molecule has 21 heavy (non-hydrogen) atoms. The molecule has 0 amide bonds. The molecule has 4 N–H and O–H groups in total. The van der Waals surface area contributed by atoms with E-state index in [2.05, 4.69) is 10.3 Å². The molecule has 120 valence electrons. The van der Waals surface area contributed by atoms with E-state index in [0.717, 1.165) is 12.8 Å². The molecule has 7 nitrogen and oxygen atoms in total. The van der Waals surface area contributed by atoms with E-state index in [1.807, 2.05) is 13.8 Å². The van der Waals surface area contributed by atoms with E-state index in [1.54, 1.807) is 6.26 Å². The molecule has 0 aliphatic carbocycles. The molecular formula is C13H24N4O3S. The number of nitrogens with two attached hydrogens (primary N) is 1. The Balaban J connectivity index is 2.89. The summed E-state index contributed by atoms with van der Waals surface area (Å²) in [5.41, 5.74) is 5.13. The Morgan fingerprint density at radius 2 is 2.10 bits per heavy atom. The summed E-state index contributed by atoms with van der Waals surface area (Å²) < 4.78 is 12.7. The molecule has 0 aliphatic rings. The van der Waals surface area contributed by atoms with Gasteiger partial charge in [-0.25, -0.2) is 4.79 Å². The third-order valence-electron chi connectivity index (χ3n) is 3.39. The van der Waals surface area contributed by atoms with Gasteiger partial charge in [0.25, 0.3) is 5.56 Å². The maximum atomic E-state index is 11.8. The van der Waals surface area contributed by atoms with Crippen LogP contribution in [0.5, 0.6) is 0 Å². The number of nitrogen functional groups attached to an aromatic ring is 1. The number of hydrogen-bond donors (Lipinski definition) is 3. The van der Waals surface area contributed by atoms with Crippen LogP contribution in [0.15, 0.2) is 9.59 Å². The minimum Gasteiger partial charge on any atom is -0.383 e. The van der Waals surface area contributed by atoms with Gasteiger partial charge in [0.05, 0.1) is 0 Å². The number of hydrogen-bond acceptors (Lipinski definition) is 5. The zero-order valence-electron chi connectivity index (χ0n) is 12.8. The predicted molar refractivity (Wildman–Crippen MR) is 87.3 cm³/mol. The second-order valence-electron chi connectivity index (χ2n) is 5.05. The number of rotatable bonds is 8. The number of aromatic amines is 1. The number of nitrogens with zero attached hydrogens (tertiary/aromatic N) is 1. The van der Waals surface area contributed by atoms with Crippen LogP contribution >= 0.6 is 0 Å². The fourth-order valence-electron chi connectivity index (χ4n) is 1.86. The molecule has 0 fully saturated rings. The molecule has 0 spiro atoms. The monoisotopic (exact) mass is 316 g/mol. The molecule has 0 aromatic carbocycles. The molecule has 0 bridgehead atoms. The molecule has 0 aliphatic heterocycles. The quantitative estimate of drug-likeness (QED) is 0.646. The molecule has 1 rings (SSSR count). The van der Waals surface area contributed by atoms with E-state index in [0.29, 0.717) is 19.5 Å². The molecule has 1 aromatic heterocycles. The topological polar surface area (TPSA) is 110 Å². The lowest BCUT2D eigenvalue weighted by Gasteiger charge is -2.14. The van der Waals surface area contributed by atoms with Crippen molar-refractivity contribution >= 4 is 22.3 Å². The lowest BCUT2D eigenvalue weighted by atomic mass is 10.3. The Bertz CT molecular complexity index is 608. The van der Waals surface area contributed by atoms with Gasteiger partial charge in [-0.3, -0.25) is 18.6 Å². The van der Waals surface area contributed by atoms with Crippen LogP contribution in [0.25, 0.3) is 0 Å². The molecule has 2 unspecified atom stereocenters. The van der Waals surface area contributed by atoms with Gasteiger partial charge in [0.15, 0.2) is 0 Å². The van der Waals surface area contributed by atoms with Crippen LogP contribution < -0.4 is 22.3 Å². The molecule has 1 aromatic rings. The van der Waals surface area contributed by atoms with Crippen molar-refractivity contribution in [1.29, 1.82) is 0 Å². The summed E-state index contributed by atoms with van der Waals surface area (Å²) in [7, 11) is -0.904. The summed E-state index contributed by atoms with van der Waals surface area (Å²) in [6, 6.07) is 0. The van der Waals surface area contributed by atoms with Gasteiger partial charge in [0.2, 0.25) is 0 Å². The van der Waals surface area contributed by atoms with Crippen molar-refractivity contribution < 1.29 is 4.21 Å². The third kappa shape index (κ3) is 4.73. The first-order chi connectivity index (χ1) is 9.88. The highest BCUT2D eigenvalue weighted by atomic mass is 32.2. The normalized spacial score (nSPS) is 13.9. The standard InChI is InChI=1S/C13H24N4O3S/c1-4-5-8-17-11(14)10(12(18)16-13(17)19)15-7-6-9(2)21(3)20/h9,15H,4-8,14H2,1-3H3,(H,16,18,19). The van der Waals surface area contributed by atoms with Crippen molar-refractivity contribution in [1.82, 2.24) is 9.55 Å². The molecule has 0 saturated heterocycles. The van der Waals surface area contributed by atoms with E-state index in [-0.39, 0.29) is 16.8 Å². The van der Waals surface area contributed by atoms with Crippen LogP contribution in [-0.2, 0) is 17.3 Å². The third-order valence-corrected chi connectivity index (χ3v) is 4.76. The van der Waals surface area contributed by atoms with E-state index in [4.69, 9.17) is 5.73 Å². The zero-order valence-corrected chi connectivity index (χ0v) is 13.6. The minimum atomic E-state index is -0.904. The van der Waals surface area contributed by atoms with Gasteiger partial charge >= 0.3 is 5.69 Å². The molecular weight excluding hydrogens is 292 g/mol. The minimum absolute atomic E-state index is 0.0313. The Kier molecular flexibility index (Phi) is 6.67. The zero-order chi connectivity index (χ0) is 16.0. The maximum Gasteiger partial charge on any atom is 0.330 e. The number of nitrogens with one attached hydrogen (secondary N) is 2. The lowest BCUT2D eigenvalue weighted by molar-refractivity contribution is 0.605. The summed E-state index contributed by atoms with van der Waals surface area (Å²) >= 11 is 0. The largest absolute Gasteiger partial charge is 0.383 e. The van der Waals surface area contributed by atoms with Crippen molar-refractivity contribution in [2.45, 2.75) is 44.9 Å². The Morgan fingerprint density at radius 3 is 2.67 bits per heavy atom. The first-order valence-corrected chi connectivity index (χ1v) is 8.69. The summed E-state index contributed by atoms with van der Waals surface area (Å²) in [6.45, 7) is 4.84. The number of H-pyrrole nitrogens is 1. The van der Waals surface area contributed by atoms with Crippen molar-refractivity contribution in [2.75, 3.05) is 23.9 Å². The molecule has 2 atom stereocenters. The fraction of sp³-hybridized carbons (Fsp3) is 0.692. The molecule has 0 saturated carbocycles. The van der Waals surface area contributed by atoms with Crippen LogP contribution in [0, 0.1) is 0 Å². The van der Waals surface area contributed by atoms with Crippen molar-refractivity contribution in [2.24, 2.45) is 0 Å². The average molecular weight is 316 g/mol. The molecule has 8 heteroatoms. The first-order valence-electron chi connectivity index (χ1n) is 7.07. The Hall–Kier alpha value is -1.57. The van der Waals surface area contributed by atoms with Gasteiger partial charge in [-0.15, -0.1) is 0 Å².